The first-order valence-corrected chi connectivity index (χ1v) is 6.48. The summed E-state index contributed by atoms with van der Waals surface area (Å²) in [5.41, 5.74) is 5.53. The minimum absolute atomic E-state index is 0.122. The molecule has 6 nitrogen and oxygen atoms in total. The van der Waals surface area contributed by atoms with Gasteiger partial charge in [0.25, 0.3) is 5.91 Å². The number of amides is 1. The maximum atomic E-state index is 13.1. The van der Waals surface area contributed by atoms with Gasteiger partial charge in [-0.1, -0.05) is 0 Å². The molecular weight excluding hydrogens is 279 g/mol. The summed E-state index contributed by atoms with van der Waals surface area (Å²) in [5, 5.41) is 0. The van der Waals surface area contributed by atoms with Crippen molar-refractivity contribution in [2.75, 3.05) is 39.1 Å². The Hall–Kier alpha value is -2.15. The lowest BCUT2D eigenvalue weighted by atomic mass is 10.1. The first-order chi connectivity index (χ1) is 9.99. The fourth-order valence-corrected chi connectivity index (χ4v) is 1.68. The number of esters is 1. The van der Waals surface area contributed by atoms with Gasteiger partial charge < -0.3 is 20.1 Å². The van der Waals surface area contributed by atoms with Crippen LogP contribution in [0, 0.1) is 5.82 Å². The van der Waals surface area contributed by atoms with Crippen molar-refractivity contribution in [3.05, 3.63) is 29.6 Å². The zero-order valence-corrected chi connectivity index (χ0v) is 12.1. The van der Waals surface area contributed by atoms with Gasteiger partial charge in [-0.3, -0.25) is 9.59 Å². The van der Waals surface area contributed by atoms with E-state index in [1.165, 1.54) is 24.1 Å². The molecule has 0 aliphatic heterocycles. The molecule has 0 aromatic heterocycles. The molecule has 0 bridgehead atoms. The number of hydrogen-bond acceptors (Lipinski definition) is 5. The first kappa shape index (κ1) is 16.9. The highest BCUT2D eigenvalue weighted by atomic mass is 19.1. The minimum atomic E-state index is -0.597. The van der Waals surface area contributed by atoms with Gasteiger partial charge in [-0.05, 0) is 25.1 Å². The molecule has 0 unspecified atom stereocenters. The summed E-state index contributed by atoms with van der Waals surface area (Å²) in [6, 6.07) is 3.67. The fourth-order valence-electron chi connectivity index (χ4n) is 1.68. The first-order valence-electron chi connectivity index (χ1n) is 6.48. The van der Waals surface area contributed by atoms with E-state index < -0.39 is 17.7 Å². The predicted molar refractivity (Wildman–Crippen MR) is 75.2 cm³/mol. The number of benzene rings is 1. The van der Waals surface area contributed by atoms with E-state index in [1.807, 2.05) is 0 Å². The van der Waals surface area contributed by atoms with E-state index in [0.29, 0.717) is 0 Å². The molecule has 21 heavy (non-hydrogen) atoms. The molecule has 0 atom stereocenters. The Kier molecular flexibility index (Phi) is 6.61. The summed E-state index contributed by atoms with van der Waals surface area (Å²) in [6.07, 6.45) is 0. The van der Waals surface area contributed by atoms with Crippen LogP contribution in [0.4, 0.5) is 10.1 Å². The zero-order valence-electron chi connectivity index (χ0n) is 12.1. The topological polar surface area (TPSA) is 81.9 Å². The van der Waals surface area contributed by atoms with Crippen molar-refractivity contribution in [2.45, 2.75) is 6.92 Å². The summed E-state index contributed by atoms with van der Waals surface area (Å²) in [4.78, 5) is 25.1. The highest BCUT2D eigenvalue weighted by molar-refractivity contribution is 5.96. The number of methoxy groups -OCH3 is 1. The molecule has 0 spiro atoms. The molecular formula is C14H19FN2O4. The maximum Gasteiger partial charge on any atom is 0.325 e. The van der Waals surface area contributed by atoms with Crippen LogP contribution in [0.25, 0.3) is 0 Å². The normalized spacial score (nSPS) is 10.2. The van der Waals surface area contributed by atoms with Crippen molar-refractivity contribution in [3.8, 4) is 0 Å². The van der Waals surface area contributed by atoms with Gasteiger partial charge in [-0.2, -0.15) is 0 Å². The van der Waals surface area contributed by atoms with Gasteiger partial charge in [0.05, 0.1) is 18.9 Å². The molecule has 0 aliphatic carbocycles. The Labute approximate surface area is 122 Å². The van der Waals surface area contributed by atoms with Crippen LogP contribution in [0.5, 0.6) is 0 Å². The summed E-state index contributed by atoms with van der Waals surface area (Å²) in [5.74, 6) is -1.55. The molecule has 1 rings (SSSR count). The monoisotopic (exact) mass is 298 g/mol. The zero-order chi connectivity index (χ0) is 15.8. The smallest absolute Gasteiger partial charge is 0.325 e. The second-order valence-corrected chi connectivity index (χ2v) is 4.26. The van der Waals surface area contributed by atoms with E-state index in [-0.39, 0.29) is 37.6 Å². The van der Waals surface area contributed by atoms with Gasteiger partial charge >= 0.3 is 5.97 Å². The largest absolute Gasteiger partial charge is 0.465 e. The number of anilines is 1. The molecule has 116 valence electrons. The third-order valence-electron chi connectivity index (χ3n) is 2.72. The molecule has 1 aromatic rings. The molecule has 0 saturated carbocycles. The van der Waals surface area contributed by atoms with E-state index in [1.54, 1.807) is 6.92 Å². The van der Waals surface area contributed by atoms with E-state index in [9.17, 15) is 14.0 Å². The standard InChI is InChI=1S/C14H19FN2O4/c1-3-21-13(18)9-17(6-7-20-2)14(19)10-4-5-11(15)12(16)8-10/h4-5,8H,3,6-7,9,16H2,1-2H3. The Bertz CT molecular complexity index is 508. The van der Waals surface area contributed by atoms with Crippen LogP contribution < -0.4 is 5.73 Å². The van der Waals surface area contributed by atoms with Crippen LogP contribution in [0.1, 0.15) is 17.3 Å². The van der Waals surface area contributed by atoms with Crippen molar-refractivity contribution < 1.29 is 23.5 Å². The average molecular weight is 298 g/mol. The van der Waals surface area contributed by atoms with Crippen LogP contribution >= 0.6 is 0 Å². The second kappa shape index (κ2) is 8.21. The van der Waals surface area contributed by atoms with Gasteiger partial charge in [0.2, 0.25) is 0 Å². The Morgan fingerprint density at radius 1 is 1.38 bits per heavy atom. The SMILES string of the molecule is CCOC(=O)CN(CCOC)C(=O)c1ccc(F)c(N)c1. The van der Waals surface area contributed by atoms with E-state index in [2.05, 4.69) is 0 Å². The number of carbonyl (C=O) groups is 2. The predicted octanol–water partition coefficient (Wildman–Crippen LogP) is 1.06. The Morgan fingerprint density at radius 2 is 2.10 bits per heavy atom. The lowest BCUT2D eigenvalue weighted by molar-refractivity contribution is -0.143. The van der Waals surface area contributed by atoms with Gasteiger partial charge in [-0.25, -0.2) is 4.39 Å². The van der Waals surface area contributed by atoms with Crippen LogP contribution in [0.15, 0.2) is 18.2 Å². The van der Waals surface area contributed by atoms with Crippen molar-refractivity contribution >= 4 is 17.6 Å². The van der Waals surface area contributed by atoms with Crippen LogP contribution in [-0.4, -0.2) is 50.2 Å². The highest BCUT2D eigenvalue weighted by Gasteiger charge is 2.20. The Morgan fingerprint density at radius 3 is 2.67 bits per heavy atom. The number of ether oxygens (including phenoxy) is 2. The van der Waals surface area contributed by atoms with E-state index >= 15 is 0 Å². The number of nitrogens with zero attached hydrogens (tertiary/aromatic N) is 1. The number of rotatable bonds is 7. The van der Waals surface area contributed by atoms with Crippen molar-refractivity contribution in [1.82, 2.24) is 4.90 Å². The fraction of sp³-hybridized carbons (Fsp3) is 0.429. The molecule has 0 radical (unpaired) electrons. The molecule has 0 aliphatic rings. The van der Waals surface area contributed by atoms with Gasteiger partial charge in [0, 0.05) is 19.2 Å². The van der Waals surface area contributed by atoms with Crippen molar-refractivity contribution in [3.63, 3.8) is 0 Å². The van der Waals surface area contributed by atoms with Crippen molar-refractivity contribution in [2.24, 2.45) is 0 Å². The third-order valence-corrected chi connectivity index (χ3v) is 2.72. The molecule has 2 N–H and O–H groups in total. The summed E-state index contributed by atoms with van der Waals surface area (Å²) >= 11 is 0. The average Bonchev–Trinajstić information content (AvgIpc) is 2.46. The van der Waals surface area contributed by atoms with Crippen LogP contribution in [0.3, 0.4) is 0 Å². The second-order valence-electron chi connectivity index (χ2n) is 4.26. The molecule has 1 aromatic carbocycles. The number of halogens is 1. The van der Waals surface area contributed by atoms with E-state index in [0.717, 1.165) is 6.07 Å². The van der Waals surface area contributed by atoms with E-state index in [4.69, 9.17) is 15.2 Å². The molecule has 0 saturated heterocycles. The Balaban J connectivity index is 2.87. The lowest BCUT2D eigenvalue weighted by Gasteiger charge is -2.21. The summed E-state index contributed by atoms with van der Waals surface area (Å²) < 4.78 is 22.9. The third kappa shape index (κ3) is 5.03. The number of nitrogens with two attached hydrogens (primary N) is 1. The van der Waals surface area contributed by atoms with Gasteiger partial charge in [0.1, 0.15) is 12.4 Å². The maximum absolute atomic E-state index is 13.1. The highest BCUT2D eigenvalue weighted by Crippen LogP contribution is 2.14. The molecule has 0 fully saturated rings. The molecule has 0 heterocycles. The number of hydrogen-bond donors (Lipinski definition) is 1. The molecule has 1 amide bonds. The van der Waals surface area contributed by atoms with Crippen LogP contribution in [-0.2, 0) is 14.3 Å². The molecule has 7 heteroatoms. The van der Waals surface area contributed by atoms with Gasteiger partial charge in [-0.15, -0.1) is 0 Å². The number of carbonyl (C=O) groups excluding carboxylic acids is 2. The van der Waals surface area contributed by atoms with Gasteiger partial charge in [0.15, 0.2) is 0 Å². The minimum Gasteiger partial charge on any atom is -0.465 e. The quantitative estimate of drug-likeness (QED) is 0.601. The number of nitrogen functional groups attached to an aromatic ring is 1. The summed E-state index contributed by atoms with van der Waals surface area (Å²) in [6.45, 7) is 2.19. The van der Waals surface area contributed by atoms with Crippen LogP contribution in [0.2, 0.25) is 0 Å². The van der Waals surface area contributed by atoms with Crippen molar-refractivity contribution in [1.29, 1.82) is 0 Å². The summed E-state index contributed by atoms with van der Waals surface area (Å²) in [7, 11) is 1.49. The lowest BCUT2D eigenvalue weighted by Crippen LogP contribution is -2.38.